The lowest BCUT2D eigenvalue weighted by atomic mass is 10.1. The fraction of sp³-hybridized carbons (Fsp3) is 0.143. The maximum atomic E-state index is 12.4. The van der Waals surface area contributed by atoms with Gasteiger partial charge in [-0.3, -0.25) is 0 Å². The van der Waals surface area contributed by atoms with Crippen LogP contribution in [0.1, 0.15) is 18.1 Å². The van der Waals surface area contributed by atoms with E-state index in [0.717, 1.165) is 16.8 Å². The Morgan fingerprint density at radius 3 is 2.52 bits per heavy atom. The molecule has 2 aromatic rings. The minimum Gasteiger partial charge on any atom is -0.508 e. The highest BCUT2D eigenvalue weighted by atomic mass is 32.2. The van der Waals surface area contributed by atoms with Crippen LogP contribution in [0.25, 0.3) is 6.08 Å². The SMILES string of the molecule is CCOC(=O)C1=C(O)/C(=C\c2ccc(O)cc2)SC1=Nc1ccccc1C. The lowest BCUT2D eigenvalue weighted by molar-refractivity contribution is -0.138. The number of phenolic OH excluding ortho intramolecular Hbond substituents is 1. The maximum absolute atomic E-state index is 12.4. The van der Waals surface area contributed by atoms with Crippen LogP contribution in [0.3, 0.4) is 0 Å². The van der Waals surface area contributed by atoms with Gasteiger partial charge < -0.3 is 14.9 Å². The molecule has 1 aliphatic heterocycles. The number of rotatable bonds is 4. The van der Waals surface area contributed by atoms with E-state index in [1.807, 2.05) is 31.2 Å². The van der Waals surface area contributed by atoms with Crippen molar-refractivity contribution in [2.45, 2.75) is 13.8 Å². The van der Waals surface area contributed by atoms with Crippen LogP contribution in [-0.4, -0.2) is 27.8 Å². The number of hydrogen-bond acceptors (Lipinski definition) is 6. The van der Waals surface area contributed by atoms with Gasteiger partial charge in [-0.2, -0.15) is 0 Å². The van der Waals surface area contributed by atoms with Crippen LogP contribution in [0, 0.1) is 6.92 Å². The van der Waals surface area contributed by atoms with E-state index in [2.05, 4.69) is 4.99 Å². The smallest absolute Gasteiger partial charge is 0.344 e. The van der Waals surface area contributed by atoms with Crippen molar-refractivity contribution in [1.29, 1.82) is 0 Å². The molecule has 0 saturated carbocycles. The third kappa shape index (κ3) is 4.23. The van der Waals surface area contributed by atoms with Crippen LogP contribution in [0.15, 0.2) is 69.8 Å². The second kappa shape index (κ2) is 8.14. The number of aliphatic hydroxyl groups excluding tert-OH is 1. The molecule has 6 heteroatoms. The van der Waals surface area contributed by atoms with E-state index >= 15 is 0 Å². The normalized spacial score (nSPS) is 17.0. The van der Waals surface area contributed by atoms with Gasteiger partial charge in [0.25, 0.3) is 0 Å². The summed E-state index contributed by atoms with van der Waals surface area (Å²) in [4.78, 5) is 17.5. The van der Waals surface area contributed by atoms with E-state index in [0.29, 0.717) is 9.95 Å². The fourth-order valence-electron chi connectivity index (χ4n) is 2.51. The monoisotopic (exact) mass is 381 g/mol. The quantitative estimate of drug-likeness (QED) is 0.737. The Balaban J connectivity index is 2.05. The number of benzene rings is 2. The molecular weight excluding hydrogens is 362 g/mol. The molecule has 27 heavy (non-hydrogen) atoms. The van der Waals surface area contributed by atoms with Gasteiger partial charge in [-0.05, 0) is 49.2 Å². The number of para-hydroxylation sites is 1. The molecule has 0 bridgehead atoms. The van der Waals surface area contributed by atoms with Crippen LogP contribution >= 0.6 is 11.8 Å². The molecule has 0 saturated heterocycles. The molecule has 5 nitrogen and oxygen atoms in total. The first-order valence-corrected chi connectivity index (χ1v) is 9.25. The summed E-state index contributed by atoms with van der Waals surface area (Å²) < 4.78 is 5.10. The van der Waals surface area contributed by atoms with Crippen LogP contribution in [0.4, 0.5) is 5.69 Å². The number of aryl methyl sites for hydroxylation is 1. The Hall–Kier alpha value is -2.99. The molecule has 0 amide bonds. The molecular formula is C21H19NO4S. The molecule has 138 valence electrons. The van der Waals surface area contributed by atoms with Gasteiger partial charge in [-0.1, -0.05) is 42.1 Å². The van der Waals surface area contributed by atoms with Gasteiger partial charge in [0.15, 0.2) is 0 Å². The van der Waals surface area contributed by atoms with Crippen LogP contribution < -0.4 is 0 Å². The summed E-state index contributed by atoms with van der Waals surface area (Å²) in [5, 5.41) is 20.4. The highest BCUT2D eigenvalue weighted by Gasteiger charge is 2.33. The molecule has 0 aromatic heterocycles. The summed E-state index contributed by atoms with van der Waals surface area (Å²) in [7, 11) is 0. The number of aliphatic hydroxyl groups is 1. The molecule has 0 unspecified atom stereocenters. The number of aliphatic imine (C=N–C) groups is 1. The number of phenols is 1. The molecule has 2 aromatic carbocycles. The summed E-state index contributed by atoms with van der Waals surface area (Å²) in [5.74, 6) is -0.604. The molecule has 2 N–H and O–H groups in total. The van der Waals surface area contributed by atoms with Crippen LogP contribution in [-0.2, 0) is 9.53 Å². The number of aromatic hydroxyl groups is 1. The van der Waals surface area contributed by atoms with Crippen molar-refractivity contribution >= 4 is 34.5 Å². The number of ether oxygens (including phenoxy) is 1. The second-order valence-electron chi connectivity index (χ2n) is 5.85. The van der Waals surface area contributed by atoms with Gasteiger partial charge in [0.05, 0.1) is 17.2 Å². The number of thioether (sulfide) groups is 1. The first-order valence-electron chi connectivity index (χ1n) is 8.43. The summed E-state index contributed by atoms with van der Waals surface area (Å²) in [5.41, 5.74) is 2.53. The van der Waals surface area contributed by atoms with E-state index in [-0.39, 0.29) is 23.7 Å². The third-order valence-corrected chi connectivity index (χ3v) is 4.92. The molecule has 0 radical (unpaired) electrons. The average Bonchev–Trinajstić information content (AvgIpc) is 2.94. The van der Waals surface area contributed by atoms with Gasteiger partial charge in [-0.15, -0.1) is 0 Å². The minimum absolute atomic E-state index is 0.0649. The van der Waals surface area contributed by atoms with E-state index in [1.165, 1.54) is 11.8 Å². The number of carbonyl (C=O) groups excluding carboxylic acids is 1. The van der Waals surface area contributed by atoms with E-state index in [4.69, 9.17) is 4.74 Å². The number of esters is 1. The van der Waals surface area contributed by atoms with Gasteiger partial charge in [0.2, 0.25) is 0 Å². The van der Waals surface area contributed by atoms with Crippen LogP contribution in [0.5, 0.6) is 5.75 Å². The topological polar surface area (TPSA) is 79.1 Å². The minimum atomic E-state index is -0.607. The Kier molecular flexibility index (Phi) is 5.66. The van der Waals surface area contributed by atoms with Crippen LogP contribution in [0.2, 0.25) is 0 Å². The largest absolute Gasteiger partial charge is 0.508 e. The second-order valence-corrected chi connectivity index (χ2v) is 6.88. The van der Waals surface area contributed by atoms with Gasteiger partial charge >= 0.3 is 5.97 Å². The van der Waals surface area contributed by atoms with Crippen molar-refractivity contribution in [3.8, 4) is 5.75 Å². The van der Waals surface area contributed by atoms with Crippen molar-refractivity contribution in [3.05, 3.63) is 75.9 Å². The lowest BCUT2D eigenvalue weighted by Gasteiger charge is -2.05. The zero-order chi connectivity index (χ0) is 19.4. The zero-order valence-corrected chi connectivity index (χ0v) is 15.8. The van der Waals surface area contributed by atoms with E-state index in [9.17, 15) is 15.0 Å². The first kappa shape index (κ1) is 18.8. The van der Waals surface area contributed by atoms with Crippen molar-refractivity contribution in [2.24, 2.45) is 4.99 Å². The summed E-state index contributed by atoms with van der Waals surface area (Å²) in [6.45, 7) is 3.84. The Bertz CT molecular complexity index is 958. The lowest BCUT2D eigenvalue weighted by Crippen LogP contribution is -2.12. The maximum Gasteiger partial charge on any atom is 0.344 e. The van der Waals surface area contributed by atoms with E-state index < -0.39 is 5.97 Å². The molecule has 1 aliphatic rings. The van der Waals surface area contributed by atoms with Crippen molar-refractivity contribution in [2.75, 3.05) is 6.61 Å². The third-order valence-electron chi connectivity index (χ3n) is 3.90. The van der Waals surface area contributed by atoms with Crippen molar-refractivity contribution in [1.82, 2.24) is 0 Å². The molecule has 0 spiro atoms. The Morgan fingerprint density at radius 2 is 1.85 bits per heavy atom. The zero-order valence-electron chi connectivity index (χ0n) is 15.0. The fourth-order valence-corrected chi connectivity index (χ4v) is 3.54. The summed E-state index contributed by atoms with van der Waals surface area (Å²) >= 11 is 1.21. The van der Waals surface area contributed by atoms with Crippen molar-refractivity contribution < 1.29 is 19.7 Å². The average molecular weight is 381 g/mol. The number of carbonyl (C=O) groups is 1. The van der Waals surface area contributed by atoms with Crippen molar-refractivity contribution in [3.63, 3.8) is 0 Å². The van der Waals surface area contributed by atoms with E-state index in [1.54, 1.807) is 37.3 Å². The van der Waals surface area contributed by atoms with Gasteiger partial charge in [0.1, 0.15) is 22.1 Å². The Labute approximate surface area is 161 Å². The Morgan fingerprint density at radius 1 is 1.15 bits per heavy atom. The summed E-state index contributed by atoms with van der Waals surface area (Å²) in [6.07, 6.45) is 1.74. The molecule has 0 aliphatic carbocycles. The molecule has 3 rings (SSSR count). The first-order chi connectivity index (χ1) is 13.0. The van der Waals surface area contributed by atoms with Gasteiger partial charge in [0, 0.05) is 0 Å². The van der Waals surface area contributed by atoms with Gasteiger partial charge in [-0.25, -0.2) is 9.79 Å². The highest BCUT2D eigenvalue weighted by molar-refractivity contribution is 8.18. The molecule has 0 atom stereocenters. The summed E-state index contributed by atoms with van der Waals surface area (Å²) in [6, 6.07) is 14.1. The standard InChI is InChI=1S/C21H19NO4S/c1-3-26-21(25)18-19(24)17(12-14-8-10-15(23)11-9-14)27-20(18)22-16-7-5-4-6-13(16)2/h4-12,23-24H,3H2,1-2H3/b17-12+,22-20?. The molecule has 0 fully saturated rings. The number of nitrogens with zero attached hydrogens (tertiary/aromatic N) is 1. The predicted octanol–water partition coefficient (Wildman–Crippen LogP) is 4.89. The number of hydrogen-bond donors (Lipinski definition) is 2. The molecule has 1 heterocycles. The predicted molar refractivity (Wildman–Crippen MR) is 108 cm³/mol. The highest BCUT2D eigenvalue weighted by Crippen LogP contribution is 2.40.